The summed E-state index contributed by atoms with van der Waals surface area (Å²) in [6.07, 6.45) is 0. The molecule has 0 spiro atoms. The molecule has 0 radical (unpaired) electrons. The van der Waals surface area contributed by atoms with Crippen molar-refractivity contribution in [3.05, 3.63) is 0 Å². The van der Waals surface area contributed by atoms with E-state index in [1.54, 1.807) is 13.8 Å². The Morgan fingerprint density at radius 2 is 1.69 bits per heavy atom. The molecule has 1 N–H and O–H groups in total. The first-order chi connectivity index (χ1) is 7.26. The Morgan fingerprint density at radius 1 is 1.19 bits per heavy atom. The van der Waals surface area contributed by atoms with E-state index in [2.05, 4.69) is 10.1 Å². The monoisotopic (exact) mass is 231 g/mol. The molecule has 0 heterocycles. The lowest BCUT2D eigenvalue weighted by atomic mass is 10.0. The topological polar surface area (TPSA) is 64.6 Å². The van der Waals surface area contributed by atoms with Crippen molar-refractivity contribution in [1.29, 1.82) is 0 Å². The van der Waals surface area contributed by atoms with Crippen LogP contribution in [0.5, 0.6) is 0 Å². The SMILES string of the molecule is COC(=O)[C@@H](NC(=O)C(C)(C)OC)C(C)C. The second-order valence-electron chi connectivity index (χ2n) is 4.43. The van der Waals surface area contributed by atoms with Gasteiger partial charge in [0, 0.05) is 7.11 Å². The average molecular weight is 231 g/mol. The predicted octanol–water partition coefficient (Wildman–Crippen LogP) is 0.725. The van der Waals surface area contributed by atoms with Crippen molar-refractivity contribution in [2.75, 3.05) is 14.2 Å². The van der Waals surface area contributed by atoms with Gasteiger partial charge in [0.2, 0.25) is 0 Å². The largest absolute Gasteiger partial charge is 0.467 e. The lowest BCUT2D eigenvalue weighted by molar-refractivity contribution is -0.150. The molecular weight excluding hydrogens is 210 g/mol. The number of carbonyl (C=O) groups is 2. The van der Waals surface area contributed by atoms with Crippen LogP contribution in [-0.2, 0) is 19.1 Å². The number of rotatable bonds is 5. The molecule has 0 saturated heterocycles. The van der Waals surface area contributed by atoms with E-state index in [9.17, 15) is 9.59 Å². The van der Waals surface area contributed by atoms with Crippen LogP contribution in [0.15, 0.2) is 0 Å². The maximum atomic E-state index is 11.8. The second kappa shape index (κ2) is 5.84. The van der Waals surface area contributed by atoms with E-state index in [0.717, 1.165) is 0 Å². The highest BCUT2D eigenvalue weighted by Gasteiger charge is 2.32. The molecule has 16 heavy (non-hydrogen) atoms. The van der Waals surface area contributed by atoms with Crippen LogP contribution in [0, 0.1) is 5.92 Å². The minimum atomic E-state index is -0.957. The number of amides is 1. The molecule has 1 atom stereocenters. The third-order valence-corrected chi connectivity index (χ3v) is 2.47. The highest BCUT2D eigenvalue weighted by Crippen LogP contribution is 2.10. The maximum absolute atomic E-state index is 11.8. The number of nitrogens with one attached hydrogen (secondary N) is 1. The molecule has 0 rings (SSSR count). The molecule has 0 aromatic carbocycles. The summed E-state index contributed by atoms with van der Waals surface area (Å²) in [7, 11) is 2.74. The van der Waals surface area contributed by atoms with Crippen LogP contribution in [0.2, 0.25) is 0 Å². The number of carbonyl (C=O) groups excluding carboxylic acids is 2. The Balaban J connectivity index is 4.65. The van der Waals surface area contributed by atoms with Gasteiger partial charge in [-0.15, -0.1) is 0 Å². The van der Waals surface area contributed by atoms with Crippen molar-refractivity contribution in [3.63, 3.8) is 0 Å². The van der Waals surface area contributed by atoms with E-state index < -0.39 is 17.6 Å². The molecule has 1 amide bonds. The molecule has 0 aromatic rings. The molecular formula is C11H21NO4. The van der Waals surface area contributed by atoms with Gasteiger partial charge in [-0.3, -0.25) is 4.79 Å². The van der Waals surface area contributed by atoms with E-state index in [-0.39, 0.29) is 11.8 Å². The Hall–Kier alpha value is -1.10. The molecule has 5 heteroatoms. The van der Waals surface area contributed by atoms with Crippen LogP contribution in [0.4, 0.5) is 0 Å². The zero-order chi connectivity index (χ0) is 12.9. The smallest absolute Gasteiger partial charge is 0.328 e. The molecule has 0 aliphatic heterocycles. The van der Waals surface area contributed by atoms with E-state index in [1.165, 1.54) is 14.2 Å². The van der Waals surface area contributed by atoms with Crippen LogP contribution in [-0.4, -0.2) is 37.7 Å². The van der Waals surface area contributed by atoms with E-state index in [1.807, 2.05) is 13.8 Å². The quantitative estimate of drug-likeness (QED) is 0.708. The first-order valence-corrected chi connectivity index (χ1v) is 5.20. The molecule has 0 bridgehead atoms. The summed E-state index contributed by atoms with van der Waals surface area (Å²) in [4.78, 5) is 23.2. The molecule has 0 saturated carbocycles. The van der Waals surface area contributed by atoms with Crippen LogP contribution in [0.3, 0.4) is 0 Å². The van der Waals surface area contributed by atoms with Crippen LogP contribution in [0.25, 0.3) is 0 Å². The van der Waals surface area contributed by atoms with Gasteiger partial charge >= 0.3 is 5.97 Å². The first-order valence-electron chi connectivity index (χ1n) is 5.20. The van der Waals surface area contributed by atoms with Gasteiger partial charge in [-0.2, -0.15) is 0 Å². The summed E-state index contributed by atoms with van der Waals surface area (Å²) in [6, 6.07) is -0.646. The lowest BCUT2D eigenvalue weighted by Crippen LogP contribution is -2.52. The average Bonchev–Trinajstić information content (AvgIpc) is 2.23. The van der Waals surface area contributed by atoms with Gasteiger partial charge in [0.25, 0.3) is 5.91 Å². The second-order valence-corrected chi connectivity index (χ2v) is 4.43. The Kier molecular flexibility index (Phi) is 5.44. The molecule has 0 aliphatic carbocycles. The molecule has 0 unspecified atom stereocenters. The van der Waals surface area contributed by atoms with Gasteiger partial charge in [-0.25, -0.2) is 4.79 Å². The van der Waals surface area contributed by atoms with E-state index in [4.69, 9.17) is 4.74 Å². The minimum Gasteiger partial charge on any atom is -0.467 e. The standard InChI is InChI=1S/C11H21NO4/c1-7(2)8(9(13)15-5)12-10(14)11(3,4)16-6/h7-8H,1-6H3,(H,12,14)/t8-/m0/s1. The first kappa shape index (κ1) is 14.9. The third kappa shape index (κ3) is 3.81. The van der Waals surface area contributed by atoms with Crippen LogP contribution in [0.1, 0.15) is 27.7 Å². The Labute approximate surface area is 96.5 Å². The molecule has 5 nitrogen and oxygen atoms in total. The number of methoxy groups -OCH3 is 2. The summed E-state index contributed by atoms with van der Waals surface area (Å²) in [6.45, 7) is 6.94. The lowest BCUT2D eigenvalue weighted by Gasteiger charge is -2.26. The molecule has 0 aliphatic rings. The normalized spacial score (nSPS) is 13.4. The summed E-state index contributed by atoms with van der Waals surface area (Å²) in [5, 5.41) is 2.62. The zero-order valence-electron chi connectivity index (χ0n) is 10.8. The van der Waals surface area contributed by atoms with Crippen molar-refractivity contribution in [3.8, 4) is 0 Å². The zero-order valence-corrected chi connectivity index (χ0v) is 10.8. The van der Waals surface area contributed by atoms with Crippen molar-refractivity contribution in [2.45, 2.75) is 39.3 Å². The van der Waals surface area contributed by atoms with Gasteiger partial charge in [0.1, 0.15) is 11.6 Å². The summed E-state index contributed by atoms with van der Waals surface area (Å²) < 4.78 is 9.66. The molecule has 0 aromatic heterocycles. The fourth-order valence-corrected chi connectivity index (χ4v) is 1.03. The number of esters is 1. The number of hydrogen-bond donors (Lipinski definition) is 1. The Morgan fingerprint density at radius 3 is 2.00 bits per heavy atom. The number of hydrogen-bond acceptors (Lipinski definition) is 4. The highest BCUT2D eigenvalue weighted by molar-refractivity contribution is 5.89. The summed E-state index contributed by atoms with van der Waals surface area (Å²) in [5.41, 5.74) is -0.957. The van der Waals surface area contributed by atoms with Gasteiger partial charge in [0.05, 0.1) is 7.11 Å². The number of ether oxygens (including phenoxy) is 2. The van der Waals surface area contributed by atoms with Crippen molar-refractivity contribution < 1.29 is 19.1 Å². The highest BCUT2D eigenvalue weighted by atomic mass is 16.5. The predicted molar refractivity (Wildman–Crippen MR) is 59.9 cm³/mol. The maximum Gasteiger partial charge on any atom is 0.328 e. The van der Waals surface area contributed by atoms with Gasteiger partial charge < -0.3 is 14.8 Å². The third-order valence-electron chi connectivity index (χ3n) is 2.47. The van der Waals surface area contributed by atoms with E-state index in [0.29, 0.717) is 0 Å². The van der Waals surface area contributed by atoms with E-state index >= 15 is 0 Å². The molecule has 0 fully saturated rings. The van der Waals surface area contributed by atoms with Crippen LogP contribution < -0.4 is 5.32 Å². The van der Waals surface area contributed by atoms with Gasteiger partial charge in [-0.05, 0) is 19.8 Å². The van der Waals surface area contributed by atoms with Crippen molar-refractivity contribution in [1.82, 2.24) is 5.32 Å². The molecule has 94 valence electrons. The summed E-state index contributed by atoms with van der Waals surface area (Å²) >= 11 is 0. The van der Waals surface area contributed by atoms with Gasteiger partial charge in [0.15, 0.2) is 0 Å². The van der Waals surface area contributed by atoms with Gasteiger partial charge in [-0.1, -0.05) is 13.8 Å². The Bertz CT molecular complexity index is 261. The van der Waals surface area contributed by atoms with Crippen molar-refractivity contribution >= 4 is 11.9 Å². The van der Waals surface area contributed by atoms with Crippen molar-refractivity contribution in [2.24, 2.45) is 5.92 Å². The fraction of sp³-hybridized carbons (Fsp3) is 0.818. The fourth-order valence-electron chi connectivity index (χ4n) is 1.03. The summed E-state index contributed by atoms with van der Waals surface area (Å²) in [5.74, 6) is -0.821. The van der Waals surface area contributed by atoms with Crippen LogP contribution >= 0.6 is 0 Å². The minimum absolute atomic E-state index is 0.0379.